The number of aromatic amines is 1. The average molecular weight is 337 g/mol. The third-order valence-electron chi connectivity index (χ3n) is 4.44. The van der Waals surface area contributed by atoms with Crippen LogP contribution in [0.2, 0.25) is 0 Å². The zero-order valence-electron chi connectivity index (χ0n) is 14.4. The number of hydrogen-bond donors (Lipinski definition) is 2. The van der Waals surface area contributed by atoms with Gasteiger partial charge in [0, 0.05) is 49.0 Å². The fraction of sp³-hybridized carbons (Fsp3) is 0.300. The molecule has 0 fully saturated rings. The lowest BCUT2D eigenvalue weighted by Gasteiger charge is -2.21. The molecule has 0 aliphatic carbocycles. The number of carbonyl (C=O) groups is 1. The number of benzene rings is 1. The van der Waals surface area contributed by atoms with Crippen LogP contribution in [0.3, 0.4) is 0 Å². The first kappa shape index (κ1) is 17.2. The number of fused-ring (bicyclic) bond motifs is 1. The Morgan fingerprint density at radius 1 is 1.28 bits per heavy atom. The van der Waals surface area contributed by atoms with Gasteiger partial charge >= 0.3 is 0 Å². The number of aromatic nitrogens is 2. The van der Waals surface area contributed by atoms with Gasteiger partial charge in [0.15, 0.2) is 0 Å². The van der Waals surface area contributed by atoms with E-state index in [0.717, 1.165) is 16.6 Å². The summed E-state index contributed by atoms with van der Waals surface area (Å²) in [5.74, 6) is 0.0416. The number of amides is 1. The van der Waals surface area contributed by atoms with E-state index in [2.05, 4.69) is 29.0 Å². The molecule has 3 aromatic rings. The molecule has 0 aliphatic heterocycles. The fourth-order valence-electron chi connectivity index (χ4n) is 3.10. The van der Waals surface area contributed by atoms with Crippen LogP contribution in [0, 0.1) is 6.92 Å². The highest BCUT2D eigenvalue weighted by Crippen LogP contribution is 2.22. The fourth-order valence-corrected chi connectivity index (χ4v) is 3.10. The van der Waals surface area contributed by atoms with Crippen LogP contribution in [0.1, 0.15) is 23.1 Å². The molecule has 0 bridgehead atoms. The van der Waals surface area contributed by atoms with Crippen LogP contribution in [-0.2, 0) is 17.8 Å². The van der Waals surface area contributed by atoms with Gasteiger partial charge < -0.3 is 15.0 Å². The molecule has 2 aromatic heterocycles. The monoisotopic (exact) mass is 337 g/mol. The molecule has 0 spiro atoms. The second kappa shape index (κ2) is 7.94. The minimum absolute atomic E-state index is 0.0416. The Balaban J connectivity index is 1.67. The third kappa shape index (κ3) is 4.06. The number of nitrogens with one attached hydrogen (secondary N) is 1. The molecule has 1 aromatic carbocycles. The number of pyridine rings is 1. The summed E-state index contributed by atoms with van der Waals surface area (Å²) in [6, 6.07) is 9.99. The van der Waals surface area contributed by atoms with E-state index in [1.807, 2.05) is 24.4 Å². The number of aliphatic hydroxyl groups excluding tert-OH is 1. The van der Waals surface area contributed by atoms with Gasteiger partial charge in [-0.25, -0.2) is 0 Å². The van der Waals surface area contributed by atoms with Crippen molar-refractivity contribution in [3.63, 3.8) is 0 Å². The molecule has 25 heavy (non-hydrogen) atoms. The Kier molecular flexibility index (Phi) is 5.46. The number of rotatable bonds is 7. The summed E-state index contributed by atoms with van der Waals surface area (Å²) in [6.45, 7) is 2.84. The predicted octanol–water partition coefficient (Wildman–Crippen LogP) is 2.83. The predicted molar refractivity (Wildman–Crippen MR) is 98.1 cm³/mol. The Hall–Kier alpha value is -2.66. The standard InChI is InChI=1S/C20H23N3O2/c1-15-4-2-6-18-17(13-22-20(15)18)7-8-19(25)23(10-11-24)14-16-5-3-9-21-12-16/h2-6,9,12-13,22,24H,7-8,10-11,14H2,1H3. The average Bonchev–Trinajstić information content (AvgIpc) is 3.05. The van der Waals surface area contributed by atoms with Crippen molar-refractivity contribution in [2.75, 3.05) is 13.2 Å². The van der Waals surface area contributed by atoms with E-state index in [-0.39, 0.29) is 12.5 Å². The molecule has 130 valence electrons. The SMILES string of the molecule is Cc1cccc2c(CCC(=O)N(CCO)Cc3cccnc3)c[nH]c12. The summed E-state index contributed by atoms with van der Waals surface area (Å²) < 4.78 is 0. The molecule has 3 rings (SSSR count). The molecule has 2 heterocycles. The highest BCUT2D eigenvalue weighted by molar-refractivity contribution is 5.86. The van der Waals surface area contributed by atoms with Gasteiger partial charge in [0.2, 0.25) is 5.91 Å². The lowest BCUT2D eigenvalue weighted by Crippen LogP contribution is -2.33. The molecular weight excluding hydrogens is 314 g/mol. The molecule has 0 aliphatic rings. The normalized spacial score (nSPS) is 11.0. The molecule has 0 radical (unpaired) electrons. The van der Waals surface area contributed by atoms with Gasteiger partial charge in [0.1, 0.15) is 0 Å². The molecule has 0 saturated heterocycles. The molecule has 2 N–H and O–H groups in total. The Labute approximate surface area is 147 Å². The molecule has 0 atom stereocenters. The van der Waals surface area contributed by atoms with Gasteiger partial charge in [0.05, 0.1) is 6.61 Å². The van der Waals surface area contributed by atoms with Crippen molar-refractivity contribution in [3.05, 3.63) is 65.6 Å². The Bertz CT molecular complexity index is 843. The smallest absolute Gasteiger partial charge is 0.223 e. The van der Waals surface area contributed by atoms with Crippen molar-refractivity contribution < 1.29 is 9.90 Å². The summed E-state index contributed by atoms with van der Waals surface area (Å²) in [7, 11) is 0. The molecule has 1 amide bonds. The second-order valence-electron chi connectivity index (χ2n) is 6.21. The van der Waals surface area contributed by atoms with E-state index >= 15 is 0 Å². The first-order valence-corrected chi connectivity index (χ1v) is 8.52. The minimum atomic E-state index is -0.0434. The van der Waals surface area contributed by atoms with E-state index in [4.69, 9.17) is 0 Å². The third-order valence-corrected chi connectivity index (χ3v) is 4.44. The van der Waals surface area contributed by atoms with Gasteiger partial charge in [-0.05, 0) is 36.1 Å². The summed E-state index contributed by atoms with van der Waals surface area (Å²) >= 11 is 0. The summed E-state index contributed by atoms with van der Waals surface area (Å²) in [4.78, 5) is 21.7. The number of carbonyl (C=O) groups excluding carboxylic acids is 1. The van der Waals surface area contributed by atoms with Crippen LogP contribution in [0.4, 0.5) is 0 Å². The van der Waals surface area contributed by atoms with Crippen LogP contribution in [0.5, 0.6) is 0 Å². The zero-order chi connectivity index (χ0) is 17.6. The van der Waals surface area contributed by atoms with Crippen molar-refractivity contribution in [2.24, 2.45) is 0 Å². The largest absolute Gasteiger partial charge is 0.395 e. The van der Waals surface area contributed by atoms with E-state index in [1.54, 1.807) is 17.3 Å². The zero-order valence-corrected chi connectivity index (χ0v) is 14.4. The molecule has 0 unspecified atom stereocenters. The number of hydrogen-bond acceptors (Lipinski definition) is 3. The molecule has 5 nitrogen and oxygen atoms in total. The first-order valence-electron chi connectivity index (χ1n) is 8.52. The van der Waals surface area contributed by atoms with Crippen molar-refractivity contribution >= 4 is 16.8 Å². The lowest BCUT2D eigenvalue weighted by molar-refractivity contribution is -0.132. The lowest BCUT2D eigenvalue weighted by atomic mass is 10.1. The first-order chi connectivity index (χ1) is 12.2. The summed E-state index contributed by atoms with van der Waals surface area (Å²) in [5.41, 5.74) is 4.45. The molecule has 5 heteroatoms. The van der Waals surface area contributed by atoms with E-state index in [0.29, 0.717) is 25.9 Å². The van der Waals surface area contributed by atoms with Crippen LogP contribution in [0.25, 0.3) is 10.9 Å². The summed E-state index contributed by atoms with van der Waals surface area (Å²) in [6.07, 6.45) is 6.54. The number of nitrogens with zero attached hydrogens (tertiary/aromatic N) is 2. The maximum absolute atomic E-state index is 12.6. The van der Waals surface area contributed by atoms with Gasteiger partial charge in [0.25, 0.3) is 0 Å². The number of H-pyrrole nitrogens is 1. The highest BCUT2D eigenvalue weighted by atomic mass is 16.3. The van der Waals surface area contributed by atoms with Crippen molar-refractivity contribution in [1.29, 1.82) is 0 Å². The van der Waals surface area contributed by atoms with Crippen molar-refractivity contribution in [1.82, 2.24) is 14.9 Å². The van der Waals surface area contributed by atoms with Crippen LogP contribution < -0.4 is 0 Å². The summed E-state index contributed by atoms with van der Waals surface area (Å²) in [5, 5.41) is 10.4. The van der Waals surface area contributed by atoms with E-state index < -0.39 is 0 Å². The maximum Gasteiger partial charge on any atom is 0.223 e. The van der Waals surface area contributed by atoms with Gasteiger partial charge in [-0.1, -0.05) is 24.3 Å². The van der Waals surface area contributed by atoms with Crippen LogP contribution in [-0.4, -0.2) is 39.0 Å². The molecule has 0 saturated carbocycles. The van der Waals surface area contributed by atoms with Crippen LogP contribution in [0.15, 0.2) is 48.9 Å². The van der Waals surface area contributed by atoms with Crippen molar-refractivity contribution in [2.45, 2.75) is 26.3 Å². The second-order valence-corrected chi connectivity index (χ2v) is 6.21. The van der Waals surface area contributed by atoms with Crippen LogP contribution >= 0.6 is 0 Å². The maximum atomic E-state index is 12.6. The topological polar surface area (TPSA) is 69.2 Å². The van der Waals surface area contributed by atoms with Gasteiger partial charge in [-0.15, -0.1) is 0 Å². The number of aliphatic hydroxyl groups is 1. The Morgan fingerprint density at radius 2 is 2.16 bits per heavy atom. The Morgan fingerprint density at radius 3 is 2.92 bits per heavy atom. The van der Waals surface area contributed by atoms with Gasteiger partial charge in [-0.3, -0.25) is 9.78 Å². The number of aryl methyl sites for hydroxylation is 2. The molecular formula is C20H23N3O2. The minimum Gasteiger partial charge on any atom is -0.395 e. The van der Waals surface area contributed by atoms with Crippen molar-refractivity contribution in [3.8, 4) is 0 Å². The number of para-hydroxylation sites is 1. The van der Waals surface area contributed by atoms with E-state index in [9.17, 15) is 9.90 Å². The quantitative estimate of drug-likeness (QED) is 0.696. The highest BCUT2D eigenvalue weighted by Gasteiger charge is 2.15. The van der Waals surface area contributed by atoms with Gasteiger partial charge in [-0.2, -0.15) is 0 Å². The van der Waals surface area contributed by atoms with E-state index in [1.165, 1.54) is 10.9 Å².